The first-order valence-corrected chi connectivity index (χ1v) is 14.7. The summed E-state index contributed by atoms with van der Waals surface area (Å²) < 4.78 is 0. The van der Waals surface area contributed by atoms with Gasteiger partial charge in [-0.05, 0) is 0 Å². The predicted molar refractivity (Wildman–Crippen MR) is 139 cm³/mol. The van der Waals surface area contributed by atoms with Gasteiger partial charge in [0.25, 0.3) is 0 Å². The van der Waals surface area contributed by atoms with E-state index in [9.17, 15) is 0 Å². The second-order valence-electron chi connectivity index (χ2n) is 7.63. The van der Waals surface area contributed by atoms with E-state index in [2.05, 4.69) is 150 Å². The molecule has 0 saturated heterocycles. The van der Waals surface area contributed by atoms with Crippen molar-refractivity contribution in [3.63, 3.8) is 0 Å². The van der Waals surface area contributed by atoms with Gasteiger partial charge in [0.1, 0.15) is 0 Å². The summed E-state index contributed by atoms with van der Waals surface area (Å²) in [5.41, 5.74) is 2.57. The van der Waals surface area contributed by atoms with Crippen LogP contribution < -0.4 is 15.9 Å². The number of rotatable bonds is 6. The molecule has 0 fully saturated rings. The van der Waals surface area contributed by atoms with Crippen LogP contribution >= 0.6 is 20.8 Å². The monoisotopic (exact) mass is 472 g/mol. The summed E-state index contributed by atoms with van der Waals surface area (Å²) in [5.74, 6) is 0. The van der Waals surface area contributed by atoms with Crippen LogP contribution in [-0.2, 0) is 0 Å². The standard InChI is InChI=1S/C28H26BrP/c1-24(25-14-6-2-7-15-25)22-23-30(29,26-16-8-3-9-17-26,27-18-10-4-11-19-27)28-20-12-5-13-21-28/h2-22H,23H2,1H3/b24-22-. The summed E-state index contributed by atoms with van der Waals surface area (Å²) in [7, 11) is 0. The molecule has 150 valence electrons. The van der Waals surface area contributed by atoms with E-state index < -0.39 is 5.31 Å². The van der Waals surface area contributed by atoms with Gasteiger partial charge < -0.3 is 0 Å². The third-order valence-electron chi connectivity index (χ3n) is 5.85. The third kappa shape index (κ3) is 3.69. The molecule has 0 unspecified atom stereocenters. The summed E-state index contributed by atoms with van der Waals surface area (Å²) in [6, 6.07) is 43.5. The summed E-state index contributed by atoms with van der Waals surface area (Å²) in [4.78, 5) is 0. The molecule has 0 atom stereocenters. The second kappa shape index (κ2) is 8.72. The summed E-state index contributed by atoms with van der Waals surface area (Å²) in [6.07, 6.45) is 3.32. The van der Waals surface area contributed by atoms with E-state index in [0.717, 1.165) is 6.16 Å². The molecule has 0 aliphatic heterocycles. The van der Waals surface area contributed by atoms with Crippen molar-refractivity contribution in [1.29, 1.82) is 0 Å². The van der Waals surface area contributed by atoms with Gasteiger partial charge in [-0.3, -0.25) is 0 Å². The molecule has 0 aromatic heterocycles. The van der Waals surface area contributed by atoms with Gasteiger partial charge in [-0.25, -0.2) is 0 Å². The fraction of sp³-hybridized carbons (Fsp3) is 0.0714. The van der Waals surface area contributed by atoms with Gasteiger partial charge in [-0.15, -0.1) is 0 Å². The van der Waals surface area contributed by atoms with E-state index >= 15 is 0 Å². The van der Waals surface area contributed by atoms with E-state index in [0.29, 0.717) is 0 Å². The van der Waals surface area contributed by atoms with E-state index in [-0.39, 0.29) is 0 Å². The zero-order valence-corrected chi connectivity index (χ0v) is 19.6. The molecular weight excluding hydrogens is 447 g/mol. The topological polar surface area (TPSA) is 0 Å². The van der Waals surface area contributed by atoms with Crippen molar-refractivity contribution in [3.05, 3.63) is 133 Å². The van der Waals surface area contributed by atoms with Crippen molar-refractivity contribution in [1.82, 2.24) is 0 Å². The van der Waals surface area contributed by atoms with Gasteiger partial charge in [-0.1, -0.05) is 0 Å². The van der Waals surface area contributed by atoms with Crippen molar-refractivity contribution in [3.8, 4) is 0 Å². The summed E-state index contributed by atoms with van der Waals surface area (Å²) >= 11 is 4.50. The van der Waals surface area contributed by atoms with Gasteiger partial charge >= 0.3 is 188 Å². The van der Waals surface area contributed by atoms with E-state index in [1.807, 2.05) is 0 Å². The van der Waals surface area contributed by atoms with Crippen LogP contribution in [0.15, 0.2) is 127 Å². The minimum absolute atomic E-state index is 0.907. The van der Waals surface area contributed by atoms with Gasteiger partial charge in [0, 0.05) is 0 Å². The van der Waals surface area contributed by atoms with Crippen LogP contribution in [0.1, 0.15) is 12.5 Å². The molecule has 4 rings (SSSR count). The Morgan fingerprint density at radius 2 is 0.933 bits per heavy atom. The molecular formula is C28H26BrP. The van der Waals surface area contributed by atoms with E-state index in [1.165, 1.54) is 27.1 Å². The molecule has 30 heavy (non-hydrogen) atoms. The Balaban J connectivity index is 1.99. The maximum absolute atomic E-state index is 4.50. The zero-order valence-electron chi connectivity index (χ0n) is 17.2. The normalized spacial score (nSPS) is 13.4. The first-order valence-electron chi connectivity index (χ1n) is 10.2. The van der Waals surface area contributed by atoms with E-state index in [1.54, 1.807) is 0 Å². The van der Waals surface area contributed by atoms with Crippen LogP contribution in [-0.4, -0.2) is 6.16 Å². The molecule has 4 aromatic rings. The van der Waals surface area contributed by atoms with E-state index in [4.69, 9.17) is 0 Å². The molecule has 4 aromatic carbocycles. The number of hydrogen-bond donors (Lipinski definition) is 0. The average molecular weight is 473 g/mol. The first-order chi connectivity index (χ1) is 14.6. The van der Waals surface area contributed by atoms with Gasteiger partial charge in [0.15, 0.2) is 0 Å². The van der Waals surface area contributed by atoms with Crippen LogP contribution in [0.25, 0.3) is 5.57 Å². The van der Waals surface area contributed by atoms with Gasteiger partial charge in [-0.2, -0.15) is 0 Å². The average Bonchev–Trinajstić information content (AvgIpc) is 2.85. The van der Waals surface area contributed by atoms with Crippen LogP contribution in [0.4, 0.5) is 0 Å². The molecule has 0 saturated carbocycles. The fourth-order valence-electron chi connectivity index (χ4n) is 4.11. The molecule has 0 heterocycles. The molecule has 0 spiro atoms. The molecule has 0 amide bonds. The number of benzene rings is 4. The Bertz CT molecular complexity index is 1020. The van der Waals surface area contributed by atoms with Crippen LogP contribution in [0.2, 0.25) is 0 Å². The summed E-state index contributed by atoms with van der Waals surface area (Å²) in [6.45, 7) is 2.21. The van der Waals surface area contributed by atoms with Crippen LogP contribution in [0.5, 0.6) is 0 Å². The maximum atomic E-state index is 4.50. The SMILES string of the molecule is C/C(=C/CP(Br)(c1ccccc1)(c1ccccc1)c1ccccc1)c1ccccc1. The van der Waals surface area contributed by atoms with Crippen molar-refractivity contribution >= 4 is 42.3 Å². The Labute approximate surface area is 188 Å². The summed E-state index contributed by atoms with van der Waals surface area (Å²) in [5, 5.41) is 1.14. The van der Waals surface area contributed by atoms with Gasteiger partial charge in [0.2, 0.25) is 0 Å². The number of allylic oxidation sites excluding steroid dienone is 2. The molecule has 0 N–H and O–H groups in total. The molecule has 0 radical (unpaired) electrons. The Morgan fingerprint density at radius 3 is 1.30 bits per heavy atom. The Morgan fingerprint density at radius 1 is 0.600 bits per heavy atom. The first kappa shape index (κ1) is 20.8. The van der Waals surface area contributed by atoms with Crippen molar-refractivity contribution in [2.24, 2.45) is 0 Å². The van der Waals surface area contributed by atoms with Gasteiger partial charge in [0.05, 0.1) is 0 Å². The van der Waals surface area contributed by atoms with Crippen molar-refractivity contribution < 1.29 is 0 Å². The third-order valence-corrected chi connectivity index (χ3v) is 15.4. The van der Waals surface area contributed by atoms with Crippen LogP contribution in [0, 0.1) is 0 Å². The quantitative estimate of drug-likeness (QED) is 0.267. The Kier molecular flexibility index (Phi) is 6.04. The molecule has 2 heteroatoms. The number of halogens is 1. The fourth-order valence-corrected chi connectivity index (χ4v) is 11.2. The van der Waals surface area contributed by atoms with Crippen molar-refractivity contribution in [2.45, 2.75) is 6.92 Å². The second-order valence-corrected chi connectivity index (χ2v) is 16.6. The van der Waals surface area contributed by atoms with Crippen LogP contribution in [0.3, 0.4) is 0 Å². The zero-order chi connectivity index (χ0) is 20.9. The Hall–Kier alpha value is -2.47. The predicted octanol–water partition coefficient (Wildman–Crippen LogP) is 6.93. The molecule has 0 bridgehead atoms. The molecule has 0 aliphatic rings. The molecule has 0 aliphatic carbocycles. The minimum atomic E-state index is -2.90. The number of hydrogen-bond acceptors (Lipinski definition) is 0. The van der Waals surface area contributed by atoms with Crippen molar-refractivity contribution in [2.75, 3.05) is 6.16 Å². The molecule has 0 nitrogen and oxygen atoms in total.